The third-order valence-electron chi connectivity index (χ3n) is 6.23. The molecule has 4 rings (SSSR count). The van der Waals surface area contributed by atoms with Gasteiger partial charge in [0.2, 0.25) is 20.0 Å². The van der Waals surface area contributed by atoms with Crippen molar-refractivity contribution < 1.29 is 26.4 Å². The Hall–Kier alpha value is -2.18. The van der Waals surface area contributed by atoms with Crippen LogP contribution in [0.4, 0.5) is 5.69 Å². The van der Waals surface area contributed by atoms with E-state index in [0.29, 0.717) is 26.2 Å². The van der Waals surface area contributed by atoms with Gasteiger partial charge in [0.1, 0.15) is 15.5 Å². The standard InChI is InChI=1S/C23H28ClN3O6S2/c1-33-20-10-8-18(16-22(20)35(31,32)27-11-3-2-4-12-27)25-23(28)17-7-9-19(24)21(15-17)34(29,30)26-13-5-6-14-26/h7-10,15-16H,2-6,11-14H2,1H3,(H,25,28). The van der Waals surface area contributed by atoms with Gasteiger partial charge in [0.25, 0.3) is 5.91 Å². The lowest BCUT2D eigenvalue weighted by atomic mass is 10.2. The van der Waals surface area contributed by atoms with Crippen molar-refractivity contribution in [3.05, 3.63) is 47.0 Å². The second kappa shape index (κ2) is 10.4. The Morgan fingerprint density at radius 2 is 1.40 bits per heavy atom. The van der Waals surface area contributed by atoms with Crippen LogP contribution in [-0.2, 0) is 20.0 Å². The zero-order chi connectivity index (χ0) is 25.2. The van der Waals surface area contributed by atoms with Gasteiger partial charge in [0.15, 0.2) is 0 Å². The molecule has 2 aliphatic heterocycles. The first-order valence-electron chi connectivity index (χ1n) is 11.4. The number of amides is 1. The molecule has 2 saturated heterocycles. The van der Waals surface area contributed by atoms with Crippen molar-refractivity contribution in [3.63, 3.8) is 0 Å². The summed E-state index contributed by atoms with van der Waals surface area (Å²) in [6.07, 6.45) is 4.11. The summed E-state index contributed by atoms with van der Waals surface area (Å²) in [5.41, 5.74) is 0.328. The molecule has 0 spiro atoms. The van der Waals surface area contributed by atoms with Gasteiger partial charge in [-0.05, 0) is 62.1 Å². The molecule has 35 heavy (non-hydrogen) atoms. The van der Waals surface area contributed by atoms with Crippen LogP contribution in [0.1, 0.15) is 42.5 Å². The number of ether oxygens (including phenoxy) is 1. The highest BCUT2D eigenvalue weighted by atomic mass is 35.5. The van der Waals surface area contributed by atoms with E-state index in [0.717, 1.165) is 32.1 Å². The van der Waals surface area contributed by atoms with Gasteiger partial charge in [-0.25, -0.2) is 16.8 Å². The number of nitrogens with one attached hydrogen (secondary N) is 1. The molecule has 0 saturated carbocycles. The Morgan fingerprint density at radius 3 is 2.00 bits per heavy atom. The molecule has 0 atom stereocenters. The normalized spacial score (nSPS) is 17.9. The van der Waals surface area contributed by atoms with Gasteiger partial charge in [-0.2, -0.15) is 8.61 Å². The van der Waals surface area contributed by atoms with Crippen LogP contribution in [0.2, 0.25) is 5.02 Å². The Morgan fingerprint density at radius 1 is 0.829 bits per heavy atom. The Kier molecular flexibility index (Phi) is 7.72. The topological polar surface area (TPSA) is 113 Å². The molecular weight excluding hydrogens is 514 g/mol. The maximum atomic E-state index is 13.2. The van der Waals surface area contributed by atoms with Crippen molar-refractivity contribution in [1.82, 2.24) is 8.61 Å². The number of rotatable bonds is 7. The zero-order valence-electron chi connectivity index (χ0n) is 19.4. The van der Waals surface area contributed by atoms with Gasteiger partial charge in [-0.1, -0.05) is 18.0 Å². The number of piperidine rings is 1. The minimum Gasteiger partial charge on any atom is -0.495 e. The average molecular weight is 542 g/mol. The summed E-state index contributed by atoms with van der Waals surface area (Å²) in [6.45, 7) is 1.69. The van der Waals surface area contributed by atoms with E-state index in [-0.39, 0.29) is 31.8 Å². The lowest BCUT2D eigenvalue weighted by Gasteiger charge is -2.26. The molecule has 0 unspecified atom stereocenters. The number of hydrogen-bond acceptors (Lipinski definition) is 6. The summed E-state index contributed by atoms with van der Waals surface area (Å²) in [5, 5.41) is 2.70. The summed E-state index contributed by atoms with van der Waals surface area (Å²) in [4.78, 5) is 12.8. The van der Waals surface area contributed by atoms with Crippen molar-refractivity contribution >= 4 is 43.2 Å². The van der Waals surface area contributed by atoms with Crippen molar-refractivity contribution in [3.8, 4) is 5.75 Å². The Bertz CT molecular complexity index is 1320. The number of benzene rings is 2. The molecule has 2 heterocycles. The third-order valence-corrected chi connectivity index (χ3v) is 10.5. The fraction of sp³-hybridized carbons (Fsp3) is 0.435. The quantitative estimate of drug-likeness (QED) is 0.573. The monoisotopic (exact) mass is 541 g/mol. The third kappa shape index (κ3) is 5.34. The van der Waals surface area contributed by atoms with Crippen LogP contribution in [0.3, 0.4) is 0 Å². The first-order chi connectivity index (χ1) is 16.6. The number of anilines is 1. The summed E-state index contributed by atoms with van der Waals surface area (Å²) in [6, 6.07) is 8.43. The number of methoxy groups -OCH3 is 1. The van der Waals surface area contributed by atoms with Crippen LogP contribution in [0.25, 0.3) is 0 Å². The predicted molar refractivity (Wildman–Crippen MR) is 133 cm³/mol. The summed E-state index contributed by atoms with van der Waals surface area (Å²) in [7, 11) is -6.25. The molecule has 0 bridgehead atoms. The maximum absolute atomic E-state index is 13.2. The molecule has 0 aliphatic carbocycles. The molecule has 1 amide bonds. The number of sulfonamides is 2. The number of hydrogen-bond donors (Lipinski definition) is 1. The van der Waals surface area contributed by atoms with Gasteiger partial charge in [0.05, 0.1) is 12.1 Å². The second-order valence-corrected chi connectivity index (χ2v) is 12.8. The fourth-order valence-electron chi connectivity index (χ4n) is 4.31. The molecule has 0 radical (unpaired) electrons. The average Bonchev–Trinajstić information content (AvgIpc) is 3.41. The highest BCUT2D eigenvalue weighted by Gasteiger charge is 2.31. The first kappa shape index (κ1) is 25.9. The van der Waals surface area contributed by atoms with Gasteiger partial charge in [0, 0.05) is 37.4 Å². The van der Waals surface area contributed by atoms with Crippen molar-refractivity contribution in [1.29, 1.82) is 0 Å². The van der Waals surface area contributed by atoms with Gasteiger partial charge in [-0.15, -0.1) is 0 Å². The van der Waals surface area contributed by atoms with E-state index in [1.54, 1.807) is 0 Å². The molecule has 2 aliphatic rings. The van der Waals surface area contributed by atoms with E-state index in [1.165, 1.54) is 52.1 Å². The smallest absolute Gasteiger partial charge is 0.255 e. The summed E-state index contributed by atoms with van der Waals surface area (Å²) < 4.78 is 60.5. The highest BCUT2D eigenvalue weighted by Crippen LogP contribution is 2.32. The van der Waals surface area contributed by atoms with Gasteiger partial charge in [-0.3, -0.25) is 4.79 Å². The van der Waals surface area contributed by atoms with Crippen molar-refractivity contribution in [2.45, 2.75) is 41.9 Å². The van der Waals surface area contributed by atoms with Crippen LogP contribution >= 0.6 is 11.6 Å². The Labute approximate surface area is 211 Å². The van der Waals surface area contributed by atoms with Crippen LogP contribution in [-0.4, -0.2) is 64.6 Å². The van der Waals surface area contributed by atoms with Crippen LogP contribution in [0.5, 0.6) is 5.75 Å². The molecule has 2 aromatic carbocycles. The van der Waals surface area contributed by atoms with Crippen LogP contribution in [0, 0.1) is 0 Å². The van der Waals surface area contributed by atoms with E-state index < -0.39 is 26.0 Å². The molecule has 0 aromatic heterocycles. The Balaban J connectivity index is 1.61. The number of halogens is 1. The lowest BCUT2D eigenvalue weighted by Crippen LogP contribution is -2.35. The lowest BCUT2D eigenvalue weighted by molar-refractivity contribution is 0.102. The van der Waals surface area contributed by atoms with Crippen LogP contribution in [0.15, 0.2) is 46.2 Å². The zero-order valence-corrected chi connectivity index (χ0v) is 21.8. The second-order valence-electron chi connectivity index (χ2n) is 8.54. The molecule has 190 valence electrons. The van der Waals surface area contributed by atoms with E-state index in [1.807, 2.05) is 0 Å². The SMILES string of the molecule is COc1ccc(NC(=O)c2ccc(Cl)c(S(=O)(=O)N3CCCC3)c2)cc1S(=O)(=O)N1CCCCC1. The summed E-state index contributed by atoms with van der Waals surface area (Å²) in [5.74, 6) is -0.412. The number of nitrogens with zero attached hydrogens (tertiary/aromatic N) is 2. The van der Waals surface area contributed by atoms with Crippen LogP contribution < -0.4 is 10.1 Å². The predicted octanol–water partition coefficient (Wildman–Crippen LogP) is 3.56. The molecule has 2 aromatic rings. The van der Waals surface area contributed by atoms with E-state index in [9.17, 15) is 21.6 Å². The number of carbonyl (C=O) groups excluding carboxylic acids is 1. The summed E-state index contributed by atoms with van der Waals surface area (Å²) >= 11 is 6.18. The molecule has 2 fully saturated rings. The van der Waals surface area contributed by atoms with E-state index in [2.05, 4.69) is 5.32 Å². The van der Waals surface area contributed by atoms with Gasteiger partial charge < -0.3 is 10.1 Å². The molecule has 9 nitrogen and oxygen atoms in total. The maximum Gasteiger partial charge on any atom is 0.255 e. The minimum atomic E-state index is -3.83. The molecule has 1 N–H and O–H groups in total. The largest absolute Gasteiger partial charge is 0.495 e. The van der Waals surface area contributed by atoms with Crippen molar-refractivity contribution in [2.24, 2.45) is 0 Å². The number of carbonyl (C=O) groups is 1. The highest BCUT2D eigenvalue weighted by molar-refractivity contribution is 7.89. The first-order valence-corrected chi connectivity index (χ1v) is 14.7. The van der Waals surface area contributed by atoms with E-state index >= 15 is 0 Å². The molecular formula is C23H28ClN3O6S2. The van der Waals surface area contributed by atoms with Crippen molar-refractivity contribution in [2.75, 3.05) is 38.6 Å². The van der Waals surface area contributed by atoms with Gasteiger partial charge >= 0.3 is 0 Å². The molecule has 12 heteroatoms. The fourth-order valence-corrected chi connectivity index (χ4v) is 8.03. The van der Waals surface area contributed by atoms with E-state index in [4.69, 9.17) is 16.3 Å². The minimum absolute atomic E-state index is 0.0342.